The predicted octanol–water partition coefficient (Wildman–Crippen LogP) is -0.0359. The first-order chi connectivity index (χ1) is 8.22. The Labute approximate surface area is 99.4 Å². The molecule has 2 rings (SSSR count). The summed E-state index contributed by atoms with van der Waals surface area (Å²) in [5, 5.41) is 9.40. The number of amides is 1. The minimum Gasteiger partial charge on any atom is -0.393 e. The Morgan fingerprint density at radius 2 is 2.24 bits per heavy atom. The Morgan fingerprint density at radius 1 is 1.53 bits per heavy atom. The molecule has 1 saturated heterocycles. The monoisotopic (exact) mass is 236 g/mol. The number of hydrogen-bond acceptors (Lipinski definition) is 5. The van der Waals surface area contributed by atoms with E-state index in [0.717, 1.165) is 0 Å². The number of aliphatic hydroxyl groups is 1. The quantitative estimate of drug-likeness (QED) is 0.495. The molecule has 0 spiro atoms. The van der Waals surface area contributed by atoms with E-state index in [1.165, 1.54) is 6.20 Å². The number of pyridine rings is 1. The molecule has 0 unspecified atom stereocenters. The van der Waals surface area contributed by atoms with Crippen LogP contribution in [0.5, 0.6) is 0 Å². The highest BCUT2D eigenvalue weighted by atomic mass is 16.3. The van der Waals surface area contributed by atoms with E-state index in [4.69, 9.17) is 5.84 Å². The molecule has 4 N–H and O–H groups in total. The van der Waals surface area contributed by atoms with E-state index in [2.05, 4.69) is 10.4 Å². The molecular formula is C11H16N4O2. The molecule has 6 heteroatoms. The smallest absolute Gasteiger partial charge is 0.256 e. The molecule has 1 aliphatic heterocycles. The Hall–Kier alpha value is -1.66. The number of nitrogens with zero attached hydrogens (tertiary/aromatic N) is 2. The molecule has 1 fully saturated rings. The first-order valence-corrected chi connectivity index (χ1v) is 5.60. The van der Waals surface area contributed by atoms with Gasteiger partial charge in [-0.15, -0.1) is 0 Å². The van der Waals surface area contributed by atoms with Crippen LogP contribution < -0.4 is 11.3 Å². The molecule has 1 aliphatic rings. The molecule has 0 aromatic carbocycles. The number of nitrogens with one attached hydrogen (secondary N) is 1. The summed E-state index contributed by atoms with van der Waals surface area (Å²) in [5.41, 5.74) is 3.50. The number of hydrazine groups is 1. The molecule has 1 aromatic rings. The molecule has 1 aromatic heterocycles. The van der Waals surface area contributed by atoms with Gasteiger partial charge in [-0.25, -0.2) is 0 Å². The van der Waals surface area contributed by atoms with Gasteiger partial charge >= 0.3 is 0 Å². The van der Waals surface area contributed by atoms with Crippen molar-refractivity contribution < 1.29 is 9.90 Å². The van der Waals surface area contributed by atoms with Crippen LogP contribution in [-0.4, -0.2) is 40.1 Å². The van der Waals surface area contributed by atoms with Crippen molar-refractivity contribution in [3.05, 3.63) is 24.0 Å². The number of nitrogens with two attached hydrogens (primary N) is 1. The van der Waals surface area contributed by atoms with Crippen molar-refractivity contribution in [3.8, 4) is 0 Å². The van der Waals surface area contributed by atoms with Crippen LogP contribution in [0.2, 0.25) is 0 Å². The van der Waals surface area contributed by atoms with Crippen LogP contribution in [0.3, 0.4) is 0 Å². The van der Waals surface area contributed by atoms with Crippen molar-refractivity contribution >= 4 is 11.6 Å². The van der Waals surface area contributed by atoms with E-state index < -0.39 is 0 Å². The first-order valence-electron chi connectivity index (χ1n) is 5.60. The fourth-order valence-corrected chi connectivity index (χ4v) is 1.94. The van der Waals surface area contributed by atoms with Gasteiger partial charge in [-0.2, -0.15) is 0 Å². The first kappa shape index (κ1) is 11.8. The Morgan fingerprint density at radius 3 is 2.88 bits per heavy atom. The second-order valence-electron chi connectivity index (χ2n) is 4.09. The fraction of sp³-hybridized carbons (Fsp3) is 0.455. The highest BCUT2D eigenvalue weighted by Crippen LogP contribution is 2.18. The molecule has 2 heterocycles. The summed E-state index contributed by atoms with van der Waals surface area (Å²) in [4.78, 5) is 17.8. The maximum atomic E-state index is 12.2. The minimum atomic E-state index is -0.288. The molecule has 0 saturated carbocycles. The van der Waals surface area contributed by atoms with Gasteiger partial charge in [-0.05, 0) is 18.9 Å². The number of anilines is 1. The van der Waals surface area contributed by atoms with Crippen LogP contribution in [0.1, 0.15) is 23.2 Å². The van der Waals surface area contributed by atoms with Gasteiger partial charge in [-0.3, -0.25) is 15.6 Å². The van der Waals surface area contributed by atoms with Crippen LogP contribution >= 0.6 is 0 Å². The summed E-state index contributed by atoms with van der Waals surface area (Å²) in [5.74, 6) is 5.26. The van der Waals surface area contributed by atoms with Crippen LogP contribution in [0.4, 0.5) is 5.69 Å². The molecule has 17 heavy (non-hydrogen) atoms. The summed E-state index contributed by atoms with van der Waals surface area (Å²) < 4.78 is 0. The minimum absolute atomic E-state index is 0.0766. The molecule has 92 valence electrons. The number of aliphatic hydroxyl groups excluding tert-OH is 1. The number of carbonyl (C=O) groups is 1. The van der Waals surface area contributed by atoms with Gasteiger partial charge in [-0.1, -0.05) is 0 Å². The third-order valence-electron chi connectivity index (χ3n) is 2.96. The SMILES string of the molecule is NNc1cnccc1C(=O)N1CCC(O)CC1. The highest BCUT2D eigenvalue weighted by Gasteiger charge is 2.23. The van der Waals surface area contributed by atoms with Crippen LogP contribution in [0.15, 0.2) is 18.5 Å². The zero-order valence-corrected chi connectivity index (χ0v) is 9.47. The molecule has 0 radical (unpaired) electrons. The van der Waals surface area contributed by atoms with Crippen molar-refractivity contribution in [1.82, 2.24) is 9.88 Å². The maximum Gasteiger partial charge on any atom is 0.256 e. The van der Waals surface area contributed by atoms with E-state index in [0.29, 0.717) is 37.2 Å². The number of nitrogen functional groups attached to an aromatic ring is 1. The number of carbonyl (C=O) groups excluding carboxylic acids is 1. The summed E-state index contributed by atoms with van der Waals surface area (Å²) >= 11 is 0. The van der Waals surface area contributed by atoms with Crippen molar-refractivity contribution in [1.29, 1.82) is 0 Å². The van der Waals surface area contributed by atoms with Crippen LogP contribution in [0, 0.1) is 0 Å². The van der Waals surface area contributed by atoms with Gasteiger partial charge < -0.3 is 15.4 Å². The Kier molecular flexibility index (Phi) is 3.55. The molecular weight excluding hydrogens is 220 g/mol. The normalized spacial score (nSPS) is 16.9. The zero-order valence-electron chi connectivity index (χ0n) is 9.47. The predicted molar refractivity (Wildman–Crippen MR) is 63.2 cm³/mol. The van der Waals surface area contributed by atoms with Crippen LogP contribution in [-0.2, 0) is 0 Å². The van der Waals surface area contributed by atoms with Gasteiger partial charge in [0.1, 0.15) is 0 Å². The summed E-state index contributed by atoms with van der Waals surface area (Å²) in [6.07, 6.45) is 4.05. The van der Waals surface area contributed by atoms with E-state index in [1.807, 2.05) is 0 Å². The molecule has 1 amide bonds. The van der Waals surface area contributed by atoms with Gasteiger partial charge in [0.2, 0.25) is 0 Å². The Bertz CT molecular complexity index is 402. The lowest BCUT2D eigenvalue weighted by Crippen LogP contribution is -2.40. The van der Waals surface area contributed by atoms with E-state index in [9.17, 15) is 9.90 Å². The number of piperidine rings is 1. The third kappa shape index (κ3) is 2.54. The molecule has 6 nitrogen and oxygen atoms in total. The second kappa shape index (κ2) is 5.11. The average Bonchev–Trinajstić information content (AvgIpc) is 2.39. The summed E-state index contributed by atoms with van der Waals surface area (Å²) in [6.45, 7) is 1.15. The van der Waals surface area contributed by atoms with E-state index in [1.54, 1.807) is 17.2 Å². The van der Waals surface area contributed by atoms with E-state index >= 15 is 0 Å². The van der Waals surface area contributed by atoms with Gasteiger partial charge in [0.15, 0.2) is 0 Å². The number of rotatable bonds is 2. The zero-order chi connectivity index (χ0) is 12.3. The number of aromatic nitrogens is 1. The maximum absolute atomic E-state index is 12.2. The topological polar surface area (TPSA) is 91.5 Å². The van der Waals surface area contributed by atoms with E-state index in [-0.39, 0.29) is 12.0 Å². The van der Waals surface area contributed by atoms with Crippen molar-refractivity contribution in [2.24, 2.45) is 5.84 Å². The van der Waals surface area contributed by atoms with Gasteiger partial charge in [0.25, 0.3) is 5.91 Å². The second-order valence-corrected chi connectivity index (χ2v) is 4.09. The molecule has 0 bridgehead atoms. The highest BCUT2D eigenvalue weighted by molar-refractivity contribution is 5.99. The average molecular weight is 236 g/mol. The fourth-order valence-electron chi connectivity index (χ4n) is 1.94. The third-order valence-corrected chi connectivity index (χ3v) is 2.96. The largest absolute Gasteiger partial charge is 0.393 e. The molecule has 0 atom stereocenters. The number of hydrogen-bond donors (Lipinski definition) is 3. The summed E-state index contributed by atoms with van der Waals surface area (Å²) in [6, 6.07) is 1.64. The van der Waals surface area contributed by atoms with Crippen molar-refractivity contribution in [2.45, 2.75) is 18.9 Å². The lowest BCUT2D eigenvalue weighted by atomic mass is 10.1. The van der Waals surface area contributed by atoms with Gasteiger partial charge in [0, 0.05) is 19.3 Å². The summed E-state index contributed by atoms with van der Waals surface area (Å²) in [7, 11) is 0. The van der Waals surface area contributed by atoms with Crippen LogP contribution in [0.25, 0.3) is 0 Å². The Balaban J connectivity index is 2.14. The lowest BCUT2D eigenvalue weighted by Gasteiger charge is -2.30. The molecule has 0 aliphatic carbocycles. The standard InChI is InChI=1S/C11H16N4O2/c12-14-10-7-13-4-1-9(10)11(17)15-5-2-8(16)3-6-15/h1,4,7-8,14,16H,2-3,5-6,12H2. The number of likely N-dealkylation sites (tertiary alicyclic amines) is 1. The van der Waals surface area contributed by atoms with Crippen molar-refractivity contribution in [2.75, 3.05) is 18.5 Å². The van der Waals surface area contributed by atoms with Gasteiger partial charge in [0.05, 0.1) is 23.6 Å². The lowest BCUT2D eigenvalue weighted by molar-refractivity contribution is 0.0547. The van der Waals surface area contributed by atoms with Crippen molar-refractivity contribution in [3.63, 3.8) is 0 Å².